The molecule has 1 saturated carbocycles. The number of hydrogen-bond donors (Lipinski definition) is 2. The molecule has 142 valence electrons. The molecule has 1 aliphatic carbocycles. The highest BCUT2D eigenvalue weighted by Gasteiger charge is 2.75. The number of halogens is 1. The van der Waals surface area contributed by atoms with Gasteiger partial charge in [-0.05, 0) is 42.0 Å². The number of sulfone groups is 1. The third-order valence-corrected chi connectivity index (χ3v) is 7.77. The Morgan fingerprint density at radius 1 is 1.19 bits per heavy atom. The first-order valence-electron chi connectivity index (χ1n) is 8.15. The molecule has 0 amide bonds. The molecule has 3 N–H and O–H groups in total. The second-order valence-electron chi connectivity index (χ2n) is 6.56. The molecule has 7 nitrogen and oxygen atoms in total. The molecule has 0 bridgehead atoms. The van der Waals surface area contributed by atoms with Crippen LogP contribution in [0.4, 0.5) is 0 Å². The van der Waals surface area contributed by atoms with Crippen LogP contribution < -0.4 is 15.2 Å². The molecule has 9 heteroatoms. The van der Waals surface area contributed by atoms with Gasteiger partial charge in [0, 0.05) is 17.5 Å². The molecule has 0 radical (unpaired) electrons. The summed E-state index contributed by atoms with van der Waals surface area (Å²) in [5.74, 6) is -1.05. The smallest absolute Gasteiger partial charge is 0.312 e. The molecular formula is C18H16ClNO6S. The summed E-state index contributed by atoms with van der Waals surface area (Å²) in [5, 5.41) is 9.04. The molecule has 0 aromatic heterocycles. The Kier molecular flexibility index (Phi) is 4.10. The van der Waals surface area contributed by atoms with Gasteiger partial charge in [0.1, 0.15) is 5.41 Å². The van der Waals surface area contributed by atoms with Gasteiger partial charge in [-0.3, -0.25) is 4.79 Å². The quantitative estimate of drug-likeness (QED) is 0.776. The van der Waals surface area contributed by atoms with Gasteiger partial charge in [-0.2, -0.15) is 0 Å². The van der Waals surface area contributed by atoms with Crippen molar-refractivity contribution in [3.05, 3.63) is 53.1 Å². The van der Waals surface area contributed by atoms with Gasteiger partial charge in [-0.15, -0.1) is 0 Å². The fourth-order valence-corrected chi connectivity index (χ4v) is 6.31. The number of benzene rings is 2. The van der Waals surface area contributed by atoms with Crippen LogP contribution in [0, 0.1) is 5.41 Å². The predicted molar refractivity (Wildman–Crippen MR) is 96.9 cm³/mol. The minimum atomic E-state index is -3.95. The van der Waals surface area contributed by atoms with Crippen molar-refractivity contribution < 1.29 is 27.8 Å². The molecule has 0 unspecified atom stereocenters. The van der Waals surface area contributed by atoms with Crippen LogP contribution in [0.15, 0.2) is 47.4 Å². The second-order valence-corrected chi connectivity index (χ2v) is 9.07. The zero-order valence-corrected chi connectivity index (χ0v) is 15.5. The van der Waals surface area contributed by atoms with E-state index >= 15 is 0 Å². The zero-order valence-electron chi connectivity index (χ0n) is 14.0. The molecule has 2 aliphatic rings. The van der Waals surface area contributed by atoms with Gasteiger partial charge in [0.15, 0.2) is 21.3 Å². The van der Waals surface area contributed by atoms with E-state index in [4.69, 9.17) is 26.8 Å². The molecule has 1 aliphatic heterocycles. The zero-order chi connectivity index (χ0) is 19.4. The fourth-order valence-electron chi connectivity index (χ4n) is 3.80. The molecule has 2 aromatic rings. The molecule has 3 atom stereocenters. The molecule has 0 saturated heterocycles. The predicted octanol–water partition coefficient (Wildman–Crippen LogP) is 2.04. The summed E-state index contributed by atoms with van der Waals surface area (Å²) in [5.41, 5.74) is 4.71. The Labute approximate surface area is 160 Å². The third-order valence-electron chi connectivity index (χ3n) is 5.22. The number of rotatable bonds is 5. The van der Waals surface area contributed by atoms with Crippen LogP contribution in [0.1, 0.15) is 11.5 Å². The van der Waals surface area contributed by atoms with Crippen LogP contribution in [0.3, 0.4) is 0 Å². The van der Waals surface area contributed by atoms with E-state index in [-0.39, 0.29) is 18.2 Å². The van der Waals surface area contributed by atoms with Crippen molar-refractivity contribution in [3.8, 4) is 11.5 Å². The van der Waals surface area contributed by atoms with Crippen molar-refractivity contribution in [1.82, 2.24) is 0 Å². The lowest BCUT2D eigenvalue weighted by Gasteiger charge is -2.10. The highest BCUT2D eigenvalue weighted by Crippen LogP contribution is 2.64. The molecule has 4 rings (SSSR count). The van der Waals surface area contributed by atoms with Gasteiger partial charge in [-0.1, -0.05) is 17.7 Å². The van der Waals surface area contributed by atoms with E-state index < -0.39 is 32.4 Å². The first-order chi connectivity index (χ1) is 12.8. The SMILES string of the molecule is NC[C@]1(C(=O)O)[C@H](c2ccc3c(c2)OCO3)[C@H]1S(=O)(=O)c1ccc(Cl)cc1. The molecule has 27 heavy (non-hydrogen) atoms. The van der Waals surface area contributed by atoms with E-state index in [1.165, 1.54) is 24.3 Å². The van der Waals surface area contributed by atoms with Crippen molar-refractivity contribution >= 4 is 27.4 Å². The van der Waals surface area contributed by atoms with E-state index in [0.717, 1.165) is 0 Å². The van der Waals surface area contributed by atoms with Gasteiger partial charge < -0.3 is 20.3 Å². The van der Waals surface area contributed by atoms with E-state index in [1.54, 1.807) is 18.2 Å². The fraction of sp³-hybridized carbons (Fsp3) is 0.278. The number of carbonyl (C=O) groups is 1. The molecule has 1 fully saturated rings. The Hall–Kier alpha value is -2.29. The molecule has 1 heterocycles. The minimum absolute atomic E-state index is 0.0132. The number of carboxylic acids is 1. The summed E-state index contributed by atoms with van der Waals surface area (Å²) in [4.78, 5) is 12.1. The van der Waals surface area contributed by atoms with Crippen LogP contribution in [0.5, 0.6) is 11.5 Å². The van der Waals surface area contributed by atoms with Crippen molar-refractivity contribution in [2.75, 3.05) is 13.3 Å². The highest BCUT2D eigenvalue weighted by atomic mass is 35.5. The van der Waals surface area contributed by atoms with Gasteiger partial charge in [0.2, 0.25) is 6.79 Å². The number of carboxylic acid groups (broad SMARTS) is 1. The average molecular weight is 410 g/mol. The second kappa shape index (κ2) is 6.12. The van der Waals surface area contributed by atoms with Crippen molar-refractivity contribution in [3.63, 3.8) is 0 Å². The monoisotopic (exact) mass is 409 g/mol. The lowest BCUT2D eigenvalue weighted by atomic mass is 9.99. The number of ether oxygens (including phenoxy) is 2. The van der Waals surface area contributed by atoms with E-state index in [2.05, 4.69) is 0 Å². The van der Waals surface area contributed by atoms with Crippen LogP contribution >= 0.6 is 11.6 Å². The van der Waals surface area contributed by atoms with Crippen molar-refractivity contribution in [1.29, 1.82) is 0 Å². The number of fused-ring (bicyclic) bond motifs is 1. The summed E-state index contributed by atoms with van der Waals surface area (Å²) in [7, 11) is -3.95. The summed E-state index contributed by atoms with van der Waals surface area (Å²) in [6.45, 7) is -0.240. The topological polar surface area (TPSA) is 116 Å². The minimum Gasteiger partial charge on any atom is -0.481 e. The summed E-state index contributed by atoms with van der Waals surface area (Å²) in [6, 6.07) is 10.6. The molecular weight excluding hydrogens is 394 g/mol. The molecule has 2 aromatic carbocycles. The van der Waals surface area contributed by atoms with E-state index in [0.29, 0.717) is 22.1 Å². The maximum Gasteiger partial charge on any atom is 0.312 e. The van der Waals surface area contributed by atoms with Crippen LogP contribution in [0.2, 0.25) is 5.02 Å². The Morgan fingerprint density at radius 2 is 1.85 bits per heavy atom. The average Bonchev–Trinajstić information content (AvgIpc) is 3.15. The number of nitrogens with two attached hydrogens (primary N) is 1. The maximum atomic E-state index is 13.2. The standard InChI is InChI=1S/C18H16ClNO6S/c19-11-2-4-12(5-3-11)27(23,24)16-15(18(16,8-20)17(21)22)10-1-6-13-14(7-10)26-9-25-13/h1-7,15-16H,8-9,20H2,(H,21,22)/t15-,16-,18+/m1/s1. The summed E-state index contributed by atoms with van der Waals surface area (Å²) >= 11 is 5.83. The Balaban J connectivity index is 1.80. The van der Waals surface area contributed by atoms with Gasteiger partial charge in [-0.25, -0.2) is 8.42 Å². The normalized spacial score (nSPS) is 26.0. The Morgan fingerprint density at radius 3 is 2.48 bits per heavy atom. The van der Waals surface area contributed by atoms with Crippen molar-refractivity contribution in [2.45, 2.75) is 16.1 Å². The van der Waals surface area contributed by atoms with Gasteiger partial charge in [0.25, 0.3) is 0 Å². The van der Waals surface area contributed by atoms with Crippen molar-refractivity contribution in [2.24, 2.45) is 11.1 Å². The lowest BCUT2D eigenvalue weighted by Crippen LogP contribution is -2.31. The first-order valence-corrected chi connectivity index (χ1v) is 10.1. The largest absolute Gasteiger partial charge is 0.481 e. The van der Waals surface area contributed by atoms with Gasteiger partial charge in [0.05, 0.1) is 10.1 Å². The first kappa shape index (κ1) is 18.1. The van der Waals surface area contributed by atoms with E-state index in [9.17, 15) is 18.3 Å². The maximum absolute atomic E-state index is 13.2. The Bertz CT molecular complexity index is 1020. The van der Waals surface area contributed by atoms with Crippen LogP contribution in [0.25, 0.3) is 0 Å². The number of hydrogen-bond acceptors (Lipinski definition) is 6. The summed E-state index contributed by atoms with van der Waals surface area (Å²) in [6.07, 6.45) is 0. The lowest BCUT2D eigenvalue weighted by molar-refractivity contribution is -0.143. The van der Waals surface area contributed by atoms with Crippen LogP contribution in [-0.2, 0) is 14.6 Å². The van der Waals surface area contributed by atoms with Gasteiger partial charge >= 0.3 is 5.97 Å². The number of aliphatic carboxylic acids is 1. The highest BCUT2D eigenvalue weighted by molar-refractivity contribution is 7.92. The van der Waals surface area contributed by atoms with E-state index in [1.807, 2.05) is 0 Å². The molecule has 0 spiro atoms. The third kappa shape index (κ3) is 2.59. The summed E-state index contributed by atoms with van der Waals surface area (Å²) < 4.78 is 37.0. The van der Waals surface area contributed by atoms with Crippen LogP contribution in [-0.4, -0.2) is 38.1 Å².